The minimum Gasteiger partial charge on any atom is -0.468 e. The summed E-state index contributed by atoms with van der Waals surface area (Å²) in [5.74, 6) is 4.36. The predicted octanol–water partition coefficient (Wildman–Crippen LogP) is 5.83. The van der Waals surface area contributed by atoms with Crippen LogP contribution < -0.4 is 0 Å². The summed E-state index contributed by atoms with van der Waals surface area (Å²) in [5, 5.41) is 0. The van der Waals surface area contributed by atoms with Gasteiger partial charge in [0.05, 0.1) is 12.2 Å². The molecule has 1 aromatic rings. The molecule has 0 N–H and O–H groups in total. The van der Waals surface area contributed by atoms with Crippen molar-refractivity contribution < 1.29 is 49.8 Å². The van der Waals surface area contributed by atoms with E-state index in [4.69, 9.17) is 4.74 Å². The van der Waals surface area contributed by atoms with Crippen molar-refractivity contribution >= 4 is 20.1 Å². The Bertz CT molecular complexity index is 1100. The highest BCUT2D eigenvalue weighted by atomic mass is 28.3. The van der Waals surface area contributed by atoms with E-state index < -0.39 is 49.8 Å². The summed E-state index contributed by atoms with van der Waals surface area (Å²) in [5.41, 5.74) is -0.707. The molecule has 1 amide bonds. The first-order valence-electron chi connectivity index (χ1n) is 12.5. The number of hydrogen-bond donors (Lipinski definition) is 0. The Hall–Kier alpha value is -2.79. The number of ether oxygens (including phenoxy) is 2. The number of carbonyl (C=O) groups is 2. The van der Waals surface area contributed by atoms with E-state index in [1.807, 2.05) is 0 Å². The molecule has 225 valence electrons. The largest absolute Gasteiger partial charge is 0.468 e. The Labute approximate surface area is 229 Å². The molecule has 14 heteroatoms. The molecule has 1 aliphatic rings. The van der Waals surface area contributed by atoms with Crippen LogP contribution in [0.25, 0.3) is 0 Å². The second-order valence-electron chi connectivity index (χ2n) is 11.2. The summed E-state index contributed by atoms with van der Waals surface area (Å²) in [6.45, 7) is 9.75. The van der Waals surface area contributed by atoms with Gasteiger partial charge in [0.2, 0.25) is 0 Å². The first-order chi connectivity index (χ1) is 18.2. The average molecular weight is 599 g/mol. The number of hydrogen-bond acceptors (Lipinski definition) is 5. The molecule has 0 bridgehead atoms. The van der Waals surface area contributed by atoms with Crippen LogP contribution in [0.5, 0.6) is 0 Å². The summed E-state index contributed by atoms with van der Waals surface area (Å²) in [7, 11) is -1.41. The molecule has 1 fully saturated rings. The number of alkyl halides is 6. The summed E-state index contributed by atoms with van der Waals surface area (Å²) in [6.07, 6.45) is -17.6. The number of carbonyl (C=O) groups excluding carboxylic acids is 2. The van der Waals surface area contributed by atoms with E-state index in [-0.39, 0.29) is 44.9 Å². The van der Waals surface area contributed by atoms with E-state index in [2.05, 4.69) is 36.2 Å². The lowest BCUT2D eigenvalue weighted by atomic mass is 9.93. The zero-order chi connectivity index (χ0) is 30.5. The minimum atomic E-state index is -5.80. The van der Waals surface area contributed by atoms with E-state index in [0.717, 1.165) is 10.9 Å². The number of halogens is 7. The number of benzene rings is 1. The van der Waals surface area contributed by atoms with Crippen LogP contribution in [0, 0.1) is 23.1 Å². The second kappa shape index (κ2) is 12.8. The van der Waals surface area contributed by atoms with Crippen molar-refractivity contribution in [2.24, 2.45) is 5.41 Å². The lowest BCUT2D eigenvalue weighted by Crippen LogP contribution is -2.52. The van der Waals surface area contributed by atoms with Crippen molar-refractivity contribution in [2.45, 2.75) is 64.5 Å². The highest BCUT2D eigenvalue weighted by molar-refractivity contribution is 6.76. The Kier molecular flexibility index (Phi) is 10.7. The maximum absolute atomic E-state index is 14.7. The van der Waals surface area contributed by atoms with Gasteiger partial charge in [0, 0.05) is 32.7 Å². The van der Waals surface area contributed by atoms with Crippen molar-refractivity contribution in [1.29, 1.82) is 0 Å². The predicted molar refractivity (Wildman–Crippen MR) is 135 cm³/mol. The second-order valence-corrected chi connectivity index (χ2v) is 16.8. The fraction of sp³-hybridized carbons (Fsp3) is 0.615. The van der Waals surface area contributed by atoms with Crippen molar-refractivity contribution in [3.05, 3.63) is 35.1 Å². The van der Waals surface area contributed by atoms with Gasteiger partial charge in [-0.2, -0.15) is 46.0 Å². The summed E-state index contributed by atoms with van der Waals surface area (Å²) >= 11 is 0. The molecular formula is C26H33F7N2O4Si-. The molecule has 0 aliphatic carbocycles. The molecule has 0 radical (unpaired) electrons. The third-order valence-electron chi connectivity index (χ3n) is 6.03. The maximum Gasteiger partial charge on any atom is 0.434 e. The smallest absolute Gasteiger partial charge is 0.434 e. The van der Waals surface area contributed by atoms with Gasteiger partial charge >= 0.3 is 24.4 Å². The minimum absolute atomic E-state index is 0.0468. The van der Waals surface area contributed by atoms with Crippen molar-refractivity contribution in [2.75, 3.05) is 32.8 Å². The molecule has 0 unspecified atom stereocenters. The first-order valence-corrected chi connectivity index (χ1v) is 16.2. The van der Waals surface area contributed by atoms with Crippen LogP contribution in [0.1, 0.15) is 25.0 Å². The van der Waals surface area contributed by atoms with Crippen molar-refractivity contribution in [3.8, 4) is 11.8 Å². The molecule has 2 rings (SSSR count). The van der Waals surface area contributed by atoms with Gasteiger partial charge in [-0.3, -0.25) is 9.69 Å². The Morgan fingerprint density at radius 2 is 1.57 bits per heavy atom. The fourth-order valence-corrected chi connectivity index (χ4v) is 4.28. The van der Waals surface area contributed by atoms with Crippen molar-refractivity contribution in [1.82, 2.24) is 9.80 Å². The Morgan fingerprint density at radius 1 is 1.00 bits per heavy atom. The summed E-state index contributed by atoms with van der Waals surface area (Å²) < 4.78 is 100. The number of nitrogens with zero attached hydrogens (tertiary/aromatic N) is 2. The molecule has 0 saturated carbocycles. The van der Waals surface area contributed by atoms with Crippen LogP contribution in [0.15, 0.2) is 18.2 Å². The molecule has 0 spiro atoms. The highest BCUT2D eigenvalue weighted by Crippen LogP contribution is 2.36. The van der Waals surface area contributed by atoms with Gasteiger partial charge in [-0.1, -0.05) is 24.0 Å². The van der Waals surface area contributed by atoms with Gasteiger partial charge in [-0.15, -0.1) is 14.1 Å². The summed E-state index contributed by atoms with van der Waals surface area (Å²) in [6, 6.07) is 5.08. The van der Waals surface area contributed by atoms with Gasteiger partial charge in [0.1, 0.15) is 11.2 Å². The van der Waals surface area contributed by atoms with E-state index >= 15 is 0 Å². The topological polar surface area (TPSA) is 59.1 Å². The third-order valence-corrected chi connectivity index (χ3v) is 7.74. The Morgan fingerprint density at radius 3 is 2.10 bits per heavy atom. The molecule has 1 aromatic carbocycles. The number of amides is 1. The molecule has 1 saturated heterocycles. The first kappa shape index (κ1) is 33.4. The van der Waals surface area contributed by atoms with Crippen molar-refractivity contribution in [3.63, 3.8) is 0 Å². The van der Waals surface area contributed by atoms with Crippen LogP contribution in [-0.4, -0.2) is 81.2 Å². The fourth-order valence-electron chi connectivity index (χ4n) is 3.56. The van der Waals surface area contributed by atoms with E-state index in [1.54, 1.807) is 24.8 Å². The van der Waals surface area contributed by atoms with E-state index in [9.17, 15) is 40.3 Å². The number of rotatable bonds is 7. The van der Waals surface area contributed by atoms with E-state index in [0.29, 0.717) is 5.56 Å². The molecule has 1 heterocycles. The molecule has 6 nitrogen and oxygen atoms in total. The molecular weight excluding hydrogens is 565 g/mol. The summed E-state index contributed by atoms with van der Waals surface area (Å²) in [4.78, 5) is 27.0. The van der Waals surface area contributed by atoms with Crippen LogP contribution in [0.3, 0.4) is 0 Å². The Balaban J connectivity index is 2.05. The van der Waals surface area contributed by atoms with Gasteiger partial charge in [0.25, 0.3) is 6.10 Å². The van der Waals surface area contributed by atoms with Crippen LogP contribution in [0.4, 0.5) is 35.5 Å². The molecule has 0 aromatic heterocycles. The van der Waals surface area contributed by atoms with E-state index in [1.165, 1.54) is 12.1 Å². The molecule has 40 heavy (non-hydrogen) atoms. The molecule has 0 atom stereocenters. The van der Waals surface area contributed by atoms with Crippen LogP contribution in [-0.2, 0) is 20.8 Å². The zero-order valence-corrected chi connectivity index (χ0v) is 23.9. The highest BCUT2D eigenvalue weighted by Gasteiger charge is 2.60. The maximum atomic E-state index is 14.7. The SMILES string of the molecule is CC(C)(C#Cc1c(F)cccc1CN1CCN(C(=O)OC(C(F)(F)F)C(F)(F)F)CC1)C(=O)OCC[Si-](C)(C)C. The quantitative estimate of drug-likeness (QED) is 0.171. The van der Waals surface area contributed by atoms with Gasteiger partial charge in [-0.05, 0) is 25.5 Å². The number of esters is 1. The monoisotopic (exact) mass is 598 g/mol. The number of piperazine rings is 1. The van der Waals surface area contributed by atoms with Crippen LogP contribution >= 0.6 is 0 Å². The third kappa shape index (κ3) is 9.99. The van der Waals surface area contributed by atoms with Crippen LogP contribution in [0.2, 0.25) is 25.7 Å². The lowest BCUT2D eigenvalue weighted by Gasteiger charge is -2.35. The molecule has 1 aliphatic heterocycles. The van der Waals surface area contributed by atoms with Gasteiger partial charge in [0.15, 0.2) is 0 Å². The van der Waals surface area contributed by atoms with Gasteiger partial charge in [-0.25, -0.2) is 9.18 Å². The normalized spacial score (nSPS) is 15.5. The average Bonchev–Trinajstić information content (AvgIpc) is 2.80. The zero-order valence-electron chi connectivity index (χ0n) is 22.9. The van der Waals surface area contributed by atoms with Gasteiger partial charge < -0.3 is 14.4 Å². The lowest BCUT2D eigenvalue weighted by molar-refractivity contribution is -0.308. The standard InChI is InChI=1S/C26H33F7N2O4Si/c1-24(2,22(36)38-15-16-40(3,4)5)10-9-19-18(7-6-8-20(19)27)17-34-11-13-35(14-12-34)23(37)39-21(25(28,29)30)26(31,32)33/h6-8,21H,11-17H2,1-5H3/q-1.